The fraction of sp³-hybridized carbons (Fsp3) is 0.0588. The molecule has 0 saturated carbocycles. The van der Waals surface area contributed by atoms with Gasteiger partial charge in [-0.3, -0.25) is 9.69 Å². The molecule has 0 spiro atoms. The van der Waals surface area contributed by atoms with Gasteiger partial charge in [-0.25, -0.2) is 4.99 Å². The molecular weight excluding hydrogens is 348 g/mol. The van der Waals surface area contributed by atoms with Gasteiger partial charge in [-0.2, -0.15) is 0 Å². The summed E-state index contributed by atoms with van der Waals surface area (Å²) in [5.41, 5.74) is 1.31. The van der Waals surface area contributed by atoms with Crippen LogP contribution in [0.4, 0.5) is 5.69 Å². The standard InChI is InChI=1S/C17H13ClN2O3S/c1-20-16(23)15(9-10-2-7-13(21)14(22)8-10)24-17(20)19-12-5-3-11(18)4-6-12/h2-9,21-22H,1H3/b15-9-,19-17?. The first-order valence-corrected chi connectivity index (χ1v) is 8.17. The van der Waals surface area contributed by atoms with Crippen LogP contribution >= 0.6 is 23.4 Å². The molecule has 0 radical (unpaired) electrons. The Balaban J connectivity index is 1.89. The molecular formula is C17H13ClN2O3S. The molecule has 0 aliphatic carbocycles. The highest BCUT2D eigenvalue weighted by Crippen LogP contribution is 2.34. The monoisotopic (exact) mass is 360 g/mol. The number of nitrogens with zero attached hydrogens (tertiary/aromatic N) is 2. The molecule has 0 bridgehead atoms. The highest BCUT2D eigenvalue weighted by Gasteiger charge is 2.30. The van der Waals surface area contributed by atoms with Gasteiger partial charge in [-0.05, 0) is 59.8 Å². The third-order valence-electron chi connectivity index (χ3n) is 3.35. The summed E-state index contributed by atoms with van der Waals surface area (Å²) >= 11 is 7.09. The van der Waals surface area contributed by atoms with Crippen LogP contribution in [0.3, 0.4) is 0 Å². The zero-order valence-electron chi connectivity index (χ0n) is 12.6. The molecule has 2 aromatic rings. The van der Waals surface area contributed by atoms with E-state index in [1.165, 1.54) is 28.8 Å². The smallest absolute Gasteiger partial charge is 0.266 e. The second-order valence-electron chi connectivity index (χ2n) is 5.09. The van der Waals surface area contributed by atoms with Gasteiger partial charge in [0, 0.05) is 12.1 Å². The summed E-state index contributed by atoms with van der Waals surface area (Å²) in [6, 6.07) is 11.4. The first kappa shape index (κ1) is 16.4. The quantitative estimate of drug-likeness (QED) is 0.627. The van der Waals surface area contributed by atoms with E-state index in [9.17, 15) is 15.0 Å². The van der Waals surface area contributed by atoms with Crippen molar-refractivity contribution in [1.29, 1.82) is 0 Å². The van der Waals surface area contributed by atoms with Gasteiger partial charge in [-0.1, -0.05) is 17.7 Å². The number of phenols is 2. The Morgan fingerprint density at radius 3 is 2.50 bits per heavy atom. The maximum Gasteiger partial charge on any atom is 0.266 e. The van der Waals surface area contributed by atoms with Crippen LogP contribution < -0.4 is 0 Å². The Morgan fingerprint density at radius 2 is 1.83 bits per heavy atom. The number of amidine groups is 1. The third kappa shape index (κ3) is 3.39. The lowest BCUT2D eigenvalue weighted by Gasteiger charge is -2.07. The van der Waals surface area contributed by atoms with Crippen molar-refractivity contribution in [3.63, 3.8) is 0 Å². The van der Waals surface area contributed by atoms with Gasteiger partial charge in [0.05, 0.1) is 10.6 Å². The molecule has 1 amide bonds. The van der Waals surface area contributed by atoms with Gasteiger partial charge in [0.15, 0.2) is 16.7 Å². The van der Waals surface area contributed by atoms with E-state index in [2.05, 4.69) is 4.99 Å². The van der Waals surface area contributed by atoms with Gasteiger partial charge in [0.1, 0.15) is 0 Å². The Kier molecular flexibility index (Phi) is 4.51. The first-order chi connectivity index (χ1) is 11.4. The number of rotatable bonds is 2. The van der Waals surface area contributed by atoms with Gasteiger partial charge in [-0.15, -0.1) is 0 Å². The second-order valence-corrected chi connectivity index (χ2v) is 6.54. The summed E-state index contributed by atoms with van der Waals surface area (Å²) in [6.45, 7) is 0. The number of hydrogen-bond donors (Lipinski definition) is 2. The zero-order valence-corrected chi connectivity index (χ0v) is 14.2. The van der Waals surface area contributed by atoms with Gasteiger partial charge < -0.3 is 10.2 Å². The van der Waals surface area contributed by atoms with Crippen molar-refractivity contribution in [3.05, 3.63) is 58.0 Å². The van der Waals surface area contributed by atoms with Crippen LogP contribution in [0.15, 0.2) is 52.4 Å². The Morgan fingerprint density at radius 1 is 1.12 bits per heavy atom. The fourth-order valence-electron chi connectivity index (χ4n) is 2.06. The van der Waals surface area contributed by atoms with Crippen molar-refractivity contribution < 1.29 is 15.0 Å². The molecule has 2 N–H and O–H groups in total. The van der Waals surface area contributed by atoms with E-state index >= 15 is 0 Å². The Labute approximate surface area is 147 Å². The lowest BCUT2D eigenvalue weighted by molar-refractivity contribution is -0.121. The molecule has 1 aliphatic heterocycles. The second kappa shape index (κ2) is 6.59. The van der Waals surface area contributed by atoms with E-state index in [1.807, 2.05) is 0 Å². The van der Waals surface area contributed by atoms with Crippen LogP contribution in [0.25, 0.3) is 6.08 Å². The molecule has 0 atom stereocenters. The summed E-state index contributed by atoms with van der Waals surface area (Å²) in [5, 5.41) is 20.1. The summed E-state index contributed by atoms with van der Waals surface area (Å²) in [4.78, 5) is 18.7. The van der Waals surface area contributed by atoms with Crippen molar-refractivity contribution in [1.82, 2.24) is 4.90 Å². The number of benzene rings is 2. The lowest BCUT2D eigenvalue weighted by atomic mass is 10.2. The molecule has 1 aliphatic rings. The predicted octanol–water partition coefficient (Wildman–Crippen LogP) is 3.99. The number of phenolic OH excluding ortho intramolecular Hbond substituents is 2. The molecule has 122 valence electrons. The fourth-order valence-corrected chi connectivity index (χ4v) is 3.17. The zero-order chi connectivity index (χ0) is 17.3. The Bertz CT molecular complexity index is 863. The summed E-state index contributed by atoms with van der Waals surface area (Å²) in [7, 11) is 1.65. The molecule has 5 nitrogen and oxygen atoms in total. The maximum absolute atomic E-state index is 12.3. The van der Waals surface area contributed by atoms with Gasteiger partial charge in [0.2, 0.25) is 0 Å². The predicted molar refractivity (Wildman–Crippen MR) is 96.7 cm³/mol. The summed E-state index contributed by atoms with van der Waals surface area (Å²) in [6.07, 6.45) is 1.65. The molecule has 1 fully saturated rings. The van der Waals surface area contributed by atoms with Crippen LogP contribution in [0.1, 0.15) is 5.56 Å². The minimum Gasteiger partial charge on any atom is -0.504 e. The Hall–Kier alpha value is -2.44. The number of thioether (sulfide) groups is 1. The van der Waals surface area contributed by atoms with Crippen LogP contribution in [-0.4, -0.2) is 33.2 Å². The van der Waals surface area contributed by atoms with Crippen molar-refractivity contribution in [2.45, 2.75) is 0 Å². The molecule has 0 unspecified atom stereocenters. The largest absolute Gasteiger partial charge is 0.504 e. The molecule has 1 saturated heterocycles. The molecule has 3 rings (SSSR count). The van der Waals surface area contributed by atoms with Crippen molar-refractivity contribution in [2.75, 3.05) is 7.05 Å². The van der Waals surface area contributed by atoms with E-state index < -0.39 is 0 Å². The van der Waals surface area contributed by atoms with E-state index in [1.54, 1.807) is 43.5 Å². The number of hydrogen-bond acceptors (Lipinski definition) is 5. The number of carbonyl (C=O) groups is 1. The van der Waals surface area contributed by atoms with E-state index in [0.717, 1.165) is 0 Å². The summed E-state index contributed by atoms with van der Waals surface area (Å²) < 4.78 is 0. The van der Waals surface area contributed by atoms with Crippen molar-refractivity contribution in [3.8, 4) is 11.5 Å². The molecule has 7 heteroatoms. The first-order valence-electron chi connectivity index (χ1n) is 6.98. The average Bonchev–Trinajstić information content (AvgIpc) is 2.81. The maximum atomic E-state index is 12.3. The van der Waals surface area contributed by atoms with Crippen LogP contribution in [0.5, 0.6) is 11.5 Å². The number of aromatic hydroxyl groups is 2. The average molecular weight is 361 g/mol. The van der Waals surface area contributed by atoms with Gasteiger partial charge in [0.25, 0.3) is 5.91 Å². The SMILES string of the molecule is CN1C(=O)/C(=C/c2ccc(O)c(O)c2)SC1=Nc1ccc(Cl)cc1. The topological polar surface area (TPSA) is 73.1 Å². The lowest BCUT2D eigenvalue weighted by Crippen LogP contribution is -2.23. The van der Waals surface area contributed by atoms with Gasteiger partial charge >= 0.3 is 0 Å². The molecule has 1 heterocycles. The normalized spacial score (nSPS) is 17.9. The highest BCUT2D eigenvalue weighted by molar-refractivity contribution is 8.18. The minimum atomic E-state index is -0.233. The van der Waals surface area contributed by atoms with Crippen LogP contribution in [0, 0.1) is 0 Å². The van der Waals surface area contributed by atoms with Crippen LogP contribution in [-0.2, 0) is 4.79 Å². The summed E-state index contributed by atoms with van der Waals surface area (Å²) in [5.74, 6) is -0.617. The number of halogens is 1. The number of carbonyl (C=O) groups excluding carboxylic acids is 1. The van der Waals surface area contributed by atoms with E-state index in [4.69, 9.17) is 11.6 Å². The highest BCUT2D eigenvalue weighted by atomic mass is 35.5. The van der Waals surface area contributed by atoms with E-state index in [0.29, 0.717) is 26.3 Å². The number of likely N-dealkylation sites (N-methyl/N-ethyl adjacent to an activating group) is 1. The molecule has 24 heavy (non-hydrogen) atoms. The number of amides is 1. The third-order valence-corrected chi connectivity index (χ3v) is 4.66. The van der Waals surface area contributed by atoms with Crippen LogP contribution in [0.2, 0.25) is 5.02 Å². The minimum absolute atomic E-state index is 0.180. The van der Waals surface area contributed by atoms with Crippen molar-refractivity contribution >= 4 is 46.2 Å². The van der Waals surface area contributed by atoms with Crippen molar-refractivity contribution in [2.24, 2.45) is 4.99 Å². The molecule has 0 aromatic heterocycles. The number of aliphatic imine (C=N–C) groups is 1. The van der Waals surface area contributed by atoms with E-state index in [-0.39, 0.29) is 17.4 Å². The molecule has 2 aromatic carbocycles.